The molecule has 152 valence electrons. The maximum absolute atomic E-state index is 13.9. The van der Waals surface area contributed by atoms with Gasteiger partial charge in [-0.1, -0.05) is 6.07 Å². The molecular formula is C20H20F2N4O2S. The van der Waals surface area contributed by atoms with Crippen molar-refractivity contribution in [3.05, 3.63) is 64.4 Å². The fraction of sp³-hybridized carbons (Fsp3) is 0.250. The maximum Gasteiger partial charge on any atom is 0.222 e. The first kappa shape index (κ1) is 20.7. The molecule has 0 aliphatic carbocycles. The number of hydrogen-bond acceptors (Lipinski definition) is 4. The second-order valence-corrected chi connectivity index (χ2v) is 6.82. The van der Waals surface area contributed by atoms with Crippen LogP contribution in [0, 0.1) is 16.4 Å². The number of carbonyl (C=O) groups excluding carboxylic acids is 1. The average Bonchev–Trinajstić information content (AvgIpc) is 3.06. The number of hydrogen-bond donors (Lipinski definition) is 2. The SMILES string of the molecule is COc1ccc(-c2n[nH]c(=S)n2CCC(=O)NC(C)c2ccc(F)cc2F)cc1. The van der Waals surface area contributed by atoms with Crippen molar-refractivity contribution in [1.82, 2.24) is 20.1 Å². The second kappa shape index (κ2) is 8.95. The Morgan fingerprint density at radius 3 is 2.66 bits per heavy atom. The monoisotopic (exact) mass is 418 g/mol. The van der Waals surface area contributed by atoms with Crippen molar-refractivity contribution < 1.29 is 18.3 Å². The van der Waals surface area contributed by atoms with Gasteiger partial charge < -0.3 is 10.1 Å². The maximum atomic E-state index is 13.9. The molecule has 6 nitrogen and oxygen atoms in total. The molecule has 29 heavy (non-hydrogen) atoms. The summed E-state index contributed by atoms with van der Waals surface area (Å²) in [6, 6.07) is 9.99. The number of ether oxygens (including phenoxy) is 1. The van der Waals surface area contributed by atoms with E-state index in [4.69, 9.17) is 17.0 Å². The van der Waals surface area contributed by atoms with Gasteiger partial charge in [-0.3, -0.25) is 14.5 Å². The number of aromatic nitrogens is 3. The number of amides is 1. The molecule has 0 saturated heterocycles. The molecule has 1 atom stereocenters. The minimum Gasteiger partial charge on any atom is -0.497 e. The lowest BCUT2D eigenvalue weighted by molar-refractivity contribution is -0.121. The predicted molar refractivity (Wildman–Crippen MR) is 107 cm³/mol. The van der Waals surface area contributed by atoms with Gasteiger partial charge in [0.05, 0.1) is 13.2 Å². The van der Waals surface area contributed by atoms with Crippen molar-refractivity contribution in [2.75, 3.05) is 7.11 Å². The molecule has 1 heterocycles. The number of benzene rings is 2. The summed E-state index contributed by atoms with van der Waals surface area (Å²) in [5, 5.41) is 9.69. The zero-order chi connectivity index (χ0) is 21.0. The summed E-state index contributed by atoms with van der Waals surface area (Å²) >= 11 is 5.27. The lowest BCUT2D eigenvalue weighted by Crippen LogP contribution is -2.28. The molecule has 0 saturated carbocycles. The van der Waals surface area contributed by atoms with Crippen molar-refractivity contribution in [3.8, 4) is 17.1 Å². The summed E-state index contributed by atoms with van der Waals surface area (Å²) < 4.78 is 34.2. The number of H-pyrrole nitrogens is 1. The number of rotatable bonds is 7. The Labute approximate surface area is 171 Å². The van der Waals surface area contributed by atoms with Crippen LogP contribution in [0.2, 0.25) is 0 Å². The van der Waals surface area contributed by atoms with E-state index in [2.05, 4.69) is 15.5 Å². The number of carbonyl (C=O) groups is 1. The van der Waals surface area contributed by atoms with E-state index in [0.29, 0.717) is 17.1 Å². The molecule has 3 rings (SSSR count). The van der Waals surface area contributed by atoms with Gasteiger partial charge in [0.2, 0.25) is 5.91 Å². The third-order valence-electron chi connectivity index (χ3n) is 4.48. The first-order valence-electron chi connectivity index (χ1n) is 8.93. The van der Waals surface area contributed by atoms with E-state index in [1.807, 2.05) is 24.3 Å². The Morgan fingerprint density at radius 2 is 2.00 bits per heavy atom. The summed E-state index contributed by atoms with van der Waals surface area (Å²) in [4.78, 5) is 12.3. The smallest absolute Gasteiger partial charge is 0.222 e. The van der Waals surface area contributed by atoms with Crippen LogP contribution in [0.4, 0.5) is 8.78 Å². The van der Waals surface area contributed by atoms with E-state index >= 15 is 0 Å². The Hall–Kier alpha value is -3.07. The zero-order valence-electron chi connectivity index (χ0n) is 15.9. The normalized spacial score (nSPS) is 11.9. The van der Waals surface area contributed by atoms with Gasteiger partial charge in [0.25, 0.3) is 0 Å². The summed E-state index contributed by atoms with van der Waals surface area (Å²) in [7, 11) is 1.59. The van der Waals surface area contributed by atoms with Crippen molar-refractivity contribution in [2.24, 2.45) is 0 Å². The van der Waals surface area contributed by atoms with Crippen molar-refractivity contribution in [2.45, 2.75) is 25.9 Å². The van der Waals surface area contributed by atoms with E-state index in [0.717, 1.165) is 23.4 Å². The highest BCUT2D eigenvalue weighted by Crippen LogP contribution is 2.21. The molecule has 0 aliphatic rings. The molecule has 0 bridgehead atoms. The van der Waals surface area contributed by atoms with Gasteiger partial charge in [-0.05, 0) is 49.5 Å². The molecule has 2 N–H and O–H groups in total. The Balaban J connectivity index is 1.67. The Morgan fingerprint density at radius 1 is 1.28 bits per heavy atom. The summed E-state index contributed by atoms with van der Waals surface area (Å²) in [5.74, 6) is -0.328. The van der Waals surface area contributed by atoms with E-state index in [1.54, 1.807) is 18.6 Å². The van der Waals surface area contributed by atoms with E-state index < -0.39 is 17.7 Å². The lowest BCUT2D eigenvalue weighted by Gasteiger charge is -2.15. The summed E-state index contributed by atoms with van der Waals surface area (Å²) in [5.41, 5.74) is 1.04. The highest BCUT2D eigenvalue weighted by molar-refractivity contribution is 7.71. The van der Waals surface area contributed by atoms with Crippen LogP contribution in [0.1, 0.15) is 24.9 Å². The topological polar surface area (TPSA) is 71.9 Å². The van der Waals surface area contributed by atoms with Gasteiger partial charge in [-0.15, -0.1) is 0 Å². The Kier molecular flexibility index (Phi) is 6.38. The molecule has 1 aromatic heterocycles. The van der Waals surface area contributed by atoms with Crippen molar-refractivity contribution >= 4 is 18.1 Å². The molecule has 9 heteroatoms. The molecular weight excluding hydrogens is 398 g/mol. The lowest BCUT2D eigenvalue weighted by atomic mass is 10.1. The van der Waals surface area contributed by atoms with Crippen LogP contribution in [0.15, 0.2) is 42.5 Å². The first-order valence-corrected chi connectivity index (χ1v) is 9.34. The number of nitrogens with zero attached hydrogens (tertiary/aromatic N) is 2. The molecule has 0 fully saturated rings. The molecule has 2 aromatic carbocycles. The summed E-state index contributed by atoms with van der Waals surface area (Å²) in [6.07, 6.45) is 0.115. The van der Waals surface area contributed by atoms with Gasteiger partial charge in [0.15, 0.2) is 10.6 Å². The molecule has 1 amide bonds. The van der Waals surface area contributed by atoms with Gasteiger partial charge in [0, 0.05) is 30.2 Å². The standard InChI is InChI=1S/C20H20F2N4O2S/c1-12(16-8-5-14(21)11-17(16)22)23-18(27)9-10-26-19(24-25-20(26)29)13-3-6-15(28-2)7-4-13/h3-8,11-12H,9-10H2,1-2H3,(H,23,27)(H,25,29). The van der Waals surface area contributed by atoms with Crippen molar-refractivity contribution in [1.29, 1.82) is 0 Å². The first-order chi connectivity index (χ1) is 13.9. The number of aromatic amines is 1. The second-order valence-electron chi connectivity index (χ2n) is 6.44. The van der Waals surface area contributed by atoms with Crippen LogP contribution in [-0.2, 0) is 11.3 Å². The third-order valence-corrected chi connectivity index (χ3v) is 4.79. The number of methoxy groups -OCH3 is 1. The highest BCUT2D eigenvalue weighted by atomic mass is 32.1. The van der Waals surface area contributed by atoms with Crippen molar-refractivity contribution in [3.63, 3.8) is 0 Å². The molecule has 0 aliphatic heterocycles. The minimum absolute atomic E-state index is 0.115. The van der Waals surface area contributed by atoms with Gasteiger partial charge in [0.1, 0.15) is 17.4 Å². The fourth-order valence-corrected chi connectivity index (χ4v) is 3.17. The largest absolute Gasteiger partial charge is 0.497 e. The molecule has 0 radical (unpaired) electrons. The zero-order valence-corrected chi connectivity index (χ0v) is 16.7. The van der Waals surface area contributed by atoms with Gasteiger partial charge >= 0.3 is 0 Å². The van der Waals surface area contributed by atoms with Crippen LogP contribution in [-0.4, -0.2) is 27.8 Å². The van der Waals surface area contributed by atoms with Gasteiger partial charge in [-0.25, -0.2) is 8.78 Å². The van der Waals surface area contributed by atoms with Crippen LogP contribution in [0.5, 0.6) is 5.75 Å². The van der Waals surface area contributed by atoms with Crippen LogP contribution < -0.4 is 10.1 Å². The highest BCUT2D eigenvalue weighted by Gasteiger charge is 2.16. The quantitative estimate of drug-likeness (QED) is 0.565. The van der Waals surface area contributed by atoms with Crippen LogP contribution in [0.25, 0.3) is 11.4 Å². The van der Waals surface area contributed by atoms with Crippen LogP contribution >= 0.6 is 12.2 Å². The summed E-state index contributed by atoms with van der Waals surface area (Å²) in [6.45, 7) is 1.93. The molecule has 0 spiro atoms. The number of halogens is 2. The fourth-order valence-electron chi connectivity index (χ4n) is 2.94. The van der Waals surface area contributed by atoms with Crippen LogP contribution in [0.3, 0.4) is 0 Å². The minimum atomic E-state index is -0.698. The van der Waals surface area contributed by atoms with Gasteiger partial charge in [-0.2, -0.15) is 5.10 Å². The average molecular weight is 418 g/mol. The Bertz CT molecular complexity index is 1060. The predicted octanol–water partition coefficient (Wildman–Crippen LogP) is 4.16. The van der Waals surface area contributed by atoms with E-state index in [9.17, 15) is 13.6 Å². The molecule has 1 unspecified atom stereocenters. The van der Waals surface area contributed by atoms with E-state index in [-0.39, 0.29) is 17.9 Å². The molecule has 3 aromatic rings. The third kappa shape index (κ3) is 4.86. The number of nitrogens with one attached hydrogen (secondary N) is 2. The van der Waals surface area contributed by atoms with E-state index in [1.165, 1.54) is 6.07 Å².